The number of hydrogen-bond acceptors (Lipinski definition) is 3. The first-order valence-electron chi connectivity index (χ1n) is 11.9. The van der Waals surface area contributed by atoms with Crippen molar-refractivity contribution in [2.45, 2.75) is 123 Å². The number of rotatable bonds is 18. The van der Waals surface area contributed by atoms with Gasteiger partial charge in [0.1, 0.15) is 12.1 Å². The molecule has 0 saturated carbocycles. The molecule has 1 unspecified atom stereocenters. The van der Waals surface area contributed by atoms with Gasteiger partial charge < -0.3 is 10.0 Å². The van der Waals surface area contributed by atoms with Gasteiger partial charge >= 0.3 is 0 Å². The minimum absolute atomic E-state index is 0.364. The molecule has 0 spiro atoms. The van der Waals surface area contributed by atoms with Gasteiger partial charge in [0.05, 0.1) is 6.54 Å². The molecule has 27 heavy (non-hydrogen) atoms. The van der Waals surface area contributed by atoms with Crippen molar-refractivity contribution in [3.63, 3.8) is 0 Å². The molecule has 0 amide bonds. The van der Waals surface area contributed by atoms with E-state index in [2.05, 4.69) is 31.0 Å². The summed E-state index contributed by atoms with van der Waals surface area (Å²) in [4.78, 5) is 6.57. The van der Waals surface area contributed by atoms with Gasteiger partial charge in [0, 0.05) is 6.54 Å². The summed E-state index contributed by atoms with van der Waals surface area (Å²) in [5, 5.41) is 10.2. The Morgan fingerprint density at radius 3 is 1.96 bits per heavy atom. The number of hydrogen-bond donors (Lipinski definition) is 1. The lowest BCUT2D eigenvalue weighted by Crippen LogP contribution is -2.37. The van der Waals surface area contributed by atoms with Gasteiger partial charge in [-0.25, -0.2) is 0 Å². The van der Waals surface area contributed by atoms with Crippen LogP contribution in [-0.4, -0.2) is 35.2 Å². The maximum absolute atomic E-state index is 10.2. The monoisotopic (exact) mass is 378 g/mol. The summed E-state index contributed by atoms with van der Waals surface area (Å²) in [5.41, 5.74) is 0. The Hall–Kier alpha value is -0.830. The summed E-state index contributed by atoms with van der Waals surface area (Å²) in [6.07, 6.45) is 25.2. The van der Waals surface area contributed by atoms with Crippen LogP contribution in [0.25, 0.3) is 0 Å². The lowest BCUT2D eigenvalue weighted by Gasteiger charge is -2.24. The Morgan fingerprint density at radius 1 is 0.852 bits per heavy atom. The van der Waals surface area contributed by atoms with Crippen molar-refractivity contribution < 1.29 is 5.11 Å². The summed E-state index contributed by atoms with van der Waals surface area (Å²) in [5.74, 6) is 0.977. The summed E-state index contributed by atoms with van der Waals surface area (Å²) in [7, 11) is 0. The molecule has 1 heterocycles. The fraction of sp³-hybridized carbons (Fsp3) is 0.875. The van der Waals surface area contributed by atoms with Crippen LogP contribution in [0, 0.1) is 0 Å². The third-order valence-corrected chi connectivity index (χ3v) is 5.56. The predicted molar refractivity (Wildman–Crippen MR) is 119 cm³/mol. The molecule has 3 heteroatoms. The van der Waals surface area contributed by atoms with Gasteiger partial charge in [-0.15, -0.1) is 0 Å². The SMILES string of the molecule is CCCCCCCCCCCCCCCC=CC1=NCCN1C(O)CCC. The first-order valence-corrected chi connectivity index (χ1v) is 11.9. The molecule has 1 atom stereocenters. The van der Waals surface area contributed by atoms with Crippen LogP contribution in [0.5, 0.6) is 0 Å². The minimum atomic E-state index is -0.364. The van der Waals surface area contributed by atoms with Crippen LogP contribution in [0.1, 0.15) is 117 Å². The zero-order valence-electron chi connectivity index (χ0n) is 18.3. The standard InChI is InChI=1S/C24H46N2O/c1-3-5-6-7-8-9-10-11-12-13-14-15-16-17-18-20-23-25-21-22-26(23)24(27)19-4-2/h18,20,24,27H,3-17,19,21-22H2,1-2H3. The van der Waals surface area contributed by atoms with Crippen LogP contribution in [0.15, 0.2) is 17.1 Å². The summed E-state index contributed by atoms with van der Waals surface area (Å²) in [6.45, 7) is 6.08. The quantitative estimate of drug-likeness (QED) is 0.264. The zero-order valence-corrected chi connectivity index (χ0v) is 18.3. The van der Waals surface area contributed by atoms with Gasteiger partial charge in [-0.3, -0.25) is 4.99 Å². The molecule has 0 aromatic rings. The number of nitrogens with zero attached hydrogens (tertiary/aromatic N) is 2. The van der Waals surface area contributed by atoms with Crippen LogP contribution in [0.2, 0.25) is 0 Å². The molecule has 0 fully saturated rings. The van der Waals surface area contributed by atoms with Crippen molar-refractivity contribution in [3.8, 4) is 0 Å². The molecular weight excluding hydrogens is 332 g/mol. The second-order valence-electron chi connectivity index (χ2n) is 8.14. The topological polar surface area (TPSA) is 35.8 Å². The Labute approximate surface area is 169 Å². The minimum Gasteiger partial charge on any atom is -0.374 e. The van der Waals surface area contributed by atoms with E-state index >= 15 is 0 Å². The predicted octanol–water partition coefficient (Wildman–Crippen LogP) is 6.86. The van der Waals surface area contributed by atoms with E-state index in [0.29, 0.717) is 0 Å². The van der Waals surface area contributed by atoms with Crippen molar-refractivity contribution in [2.24, 2.45) is 4.99 Å². The van der Waals surface area contributed by atoms with Crippen molar-refractivity contribution in [1.82, 2.24) is 4.90 Å². The Kier molecular flexibility index (Phi) is 15.5. The molecule has 1 aliphatic rings. The lowest BCUT2D eigenvalue weighted by molar-refractivity contribution is 0.0527. The molecule has 158 valence electrons. The van der Waals surface area contributed by atoms with E-state index in [4.69, 9.17) is 0 Å². The van der Waals surface area contributed by atoms with Crippen LogP contribution in [-0.2, 0) is 0 Å². The number of unbranched alkanes of at least 4 members (excludes halogenated alkanes) is 13. The third kappa shape index (κ3) is 12.3. The molecule has 0 aromatic heterocycles. The second-order valence-corrected chi connectivity index (χ2v) is 8.14. The highest BCUT2D eigenvalue weighted by molar-refractivity contribution is 5.94. The Morgan fingerprint density at radius 2 is 1.41 bits per heavy atom. The molecule has 0 aromatic carbocycles. The van der Waals surface area contributed by atoms with Crippen LogP contribution in [0.4, 0.5) is 0 Å². The van der Waals surface area contributed by atoms with Crippen molar-refractivity contribution in [3.05, 3.63) is 12.2 Å². The normalized spacial score (nSPS) is 15.7. The number of aliphatic imine (C=N–C) groups is 1. The Bertz CT molecular complexity index is 392. The molecule has 0 bridgehead atoms. The smallest absolute Gasteiger partial charge is 0.128 e. The molecule has 0 aliphatic carbocycles. The first-order chi connectivity index (χ1) is 13.3. The fourth-order valence-electron chi connectivity index (χ4n) is 3.81. The summed E-state index contributed by atoms with van der Waals surface area (Å²) < 4.78 is 0. The fourth-order valence-corrected chi connectivity index (χ4v) is 3.81. The molecule has 3 nitrogen and oxygen atoms in total. The van der Waals surface area contributed by atoms with E-state index in [-0.39, 0.29) is 6.23 Å². The zero-order chi connectivity index (χ0) is 19.6. The maximum Gasteiger partial charge on any atom is 0.128 e. The molecule has 1 N–H and O–H groups in total. The van der Waals surface area contributed by atoms with Gasteiger partial charge in [0.25, 0.3) is 0 Å². The highest BCUT2D eigenvalue weighted by Crippen LogP contribution is 2.14. The van der Waals surface area contributed by atoms with Crippen molar-refractivity contribution >= 4 is 5.84 Å². The van der Waals surface area contributed by atoms with Gasteiger partial charge in [0.2, 0.25) is 0 Å². The number of aliphatic hydroxyl groups is 1. The van der Waals surface area contributed by atoms with Crippen LogP contribution in [0.3, 0.4) is 0 Å². The van der Waals surface area contributed by atoms with Gasteiger partial charge in [-0.2, -0.15) is 0 Å². The van der Waals surface area contributed by atoms with E-state index in [1.54, 1.807) is 0 Å². The number of aliphatic hydroxyl groups excluding tert-OH is 1. The summed E-state index contributed by atoms with van der Waals surface area (Å²) in [6, 6.07) is 0. The van der Waals surface area contributed by atoms with E-state index in [1.165, 1.54) is 83.5 Å². The van der Waals surface area contributed by atoms with E-state index in [0.717, 1.165) is 38.2 Å². The van der Waals surface area contributed by atoms with Gasteiger partial charge in [-0.05, 0) is 25.3 Å². The molecule has 0 saturated heterocycles. The first kappa shape index (κ1) is 24.2. The summed E-state index contributed by atoms with van der Waals surface area (Å²) >= 11 is 0. The number of allylic oxidation sites excluding steroid dienone is 1. The third-order valence-electron chi connectivity index (χ3n) is 5.56. The lowest BCUT2D eigenvalue weighted by atomic mass is 10.0. The molecule has 0 radical (unpaired) electrons. The second kappa shape index (κ2) is 17.3. The van der Waals surface area contributed by atoms with Gasteiger partial charge in [0.15, 0.2) is 0 Å². The highest BCUT2D eigenvalue weighted by Gasteiger charge is 2.20. The average molecular weight is 379 g/mol. The van der Waals surface area contributed by atoms with Crippen molar-refractivity contribution in [1.29, 1.82) is 0 Å². The highest BCUT2D eigenvalue weighted by atomic mass is 16.3. The maximum atomic E-state index is 10.2. The van der Waals surface area contributed by atoms with Gasteiger partial charge in [-0.1, -0.05) is 103 Å². The van der Waals surface area contributed by atoms with E-state index < -0.39 is 0 Å². The van der Waals surface area contributed by atoms with E-state index in [9.17, 15) is 5.11 Å². The largest absolute Gasteiger partial charge is 0.374 e. The molecular formula is C24H46N2O. The van der Waals surface area contributed by atoms with E-state index in [1.807, 2.05) is 4.90 Å². The number of amidine groups is 1. The average Bonchev–Trinajstić information content (AvgIpc) is 3.14. The van der Waals surface area contributed by atoms with Crippen LogP contribution >= 0.6 is 0 Å². The van der Waals surface area contributed by atoms with Crippen molar-refractivity contribution in [2.75, 3.05) is 13.1 Å². The van der Waals surface area contributed by atoms with Crippen LogP contribution < -0.4 is 0 Å². The molecule has 1 aliphatic heterocycles. The Balaban J connectivity index is 1.90. The molecule has 1 rings (SSSR count).